The summed E-state index contributed by atoms with van der Waals surface area (Å²) < 4.78 is 0. The number of hydrogen-bond donors (Lipinski definition) is 1. The molecule has 2 rings (SSSR count). The van der Waals surface area contributed by atoms with E-state index < -0.39 is 0 Å². The molecule has 98 valence electrons. The quantitative estimate of drug-likeness (QED) is 0.814. The summed E-state index contributed by atoms with van der Waals surface area (Å²) in [6.07, 6.45) is 8.19. The van der Waals surface area contributed by atoms with Crippen LogP contribution in [0.25, 0.3) is 0 Å². The van der Waals surface area contributed by atoms with Gasteiger partial charge in [-0.15, -0.1) is 0 Å². The molecule has 3 heteroatoms. The lowest BCUT2D eigenvalue weighted by atomic mass is 9.92. The molecule has 1 atom stereocenters. The predicted molar refractivity (Wildman–Crippen MR) is 69.9 cm³/mol. The van der Waals surface area contributed by atoms with Crippen molar-refractivity contribution in [2.75, 3.05) is 19.6 Å². The van der Waals surface area contributed by atoms with Crippen molar-refractivity contribution >= 4 is 5.91 Å². The Kier molecular flexibility index (Phi) is 4.84. The highest BCUT2D eigenvalue weighted by Gasteiger charge is 2.25. The van der Waals surface area contributed by atoms with E-state index in [1.807, 2.05) is 0 Å². The molecule has 0 saturated carbocycles. The molecule has 0 aromatic rings. The van der Waals surface area contributed by atoms with Gasteiger partial charge in [-0.3, -0.25) is 4.79 Å². The van der Waals surface area contributed by atoms with Crippen LogP contribution in [0.3, 0.4) is 0 Å². The third-order valence-corrected chi connectivity index (χ3v) is 4.25. The van der Waals surface area contributed by atoms with E-state index in [2.05, 4.69) is 17.1 Å². The molecule has 0 aromatic carbocycles. The van der Waals surface area contributed by atoms with E-state index in [1.54, 1.807) is 0 Å². The van der Waals surface area contributed by atoms with E-state index in [0.717, 1.165) is 32.0 Å². The second-order valence-electron chi connectivity index (χ2n) is 5.61. The molecule has 2 aliphatic heterocycles. The van der Waals surface area contributed by atoms with Gasteiger partial charge in [0.15, 0.2) is 0 Å². The molecule has 17 heavy (non-hydrogen) atoms. The Bertz CT molecular complexity index is 241. The molecule has 0 bridgehead atoms. The van der Waals surface area contributed by atoms with Crippen LogP contribution >= 0.6 is 0 Å². The van der Waals surface area contributed by atoms with E-state index in [4.69, 9.17) is 0 Å². The van der Waals surface area contributed by atoms with Crippen molar-refractivity contribution in [2.24, 2.45) is 5.92 Å². The van der Waals surface area contributed by atoms with E-state index >= 15 is 0 Å². The normalized spacial score (nSPS) is 26.4. The Balaban J connectivity index is 1.70. The topological polar surface area (TPSA) is 32.3 Å². The van der Waals surface area contributed by atoms with Gasteiger partial charge in [-0.2, -0.15) is 0 Å². The maximum atomic E-state index is 12.1. The first kappa shape index (κ1) is 12.9. The lowest BCUT2D eigenvalue weighted by molar-refractivity contribution is -0.133. The minimum Gasteiger partial charge on any atom is -0.343 e. The third kappa shape index (κ3) is 3.70. The molecule has 1 unspecified atom stereocenters. The SMILES string of the molecule is CCCC1CCN(C(=O)CC2CCCN2)CC1. The Hall–Kier alpha value is -0.570. The second-order valence-corrected chi connectivity index (χ2v) is 5.61. The lowest BCUT2D eigenvalue weighted by Crippen LogP contribution is -2.41. The van der Waals surface area contributed by atoms with Crippen molar-refractivity contribution in [1.29, 1.82) is 0 Å². The van der Waals surface area contributed by atoms with Crippen LogP contribution in [-0.2, 0) is 4.79 Å². The van der Waals surface area contributed by atoms with Crippen LogP contribution in [0.5, 0.6) is 0 Å². The first-order chi connectivity index (χ1) is 8.29. The largest absolute Gasteiger partial charge is 0.343 e. The van der Waals surface area contributed by atoms with Crippen LogP contribution in [0.15, 0.2) is 0 Å². The van der Waals surface area contributed by atoms with Crippen LogP contribution in [-0.4, -0.2) is 36.5 Å². The van der Waals surface area contributed by atoms with Gasteiger partial charge in [-0.1, -0.05) is 19.8 Å². The molecule has 3 nitrogen and oxygen atoms in total. The van der Waals surface area contributed by atoms with Crippen LogP contribution in [0.1, 0.15) is 51.9 Å². The Morgan fingerprint density at radius 1 is 1.29 bits per heavy atom. The maximum absolute atomic E-state index is 12.1. The number of nitrogens with zero attached hydrogens (tertiary/aromatic N) is 1. The average Bonchev–Trinajstić information content (AvgIpc) is 2.83. The van der Waals surface area contributed by atoms with Crippen molar-refractivity contribution in [3.05, 3.63) is 0 Å². The summed E-state index contributed by atoms with van der Waals surface area (Å²) in [6.45, 7) is 5.34. The number of carbonyl (C=O) groups is 1. The highest BCUT2D eigenvalue weighted by atomic mass is 16.2. The number of piperidine rings is 1. The van der Waals surface area contributed by atoms with Crippen molar-refractivity contribution in [1.82, 2.24) is 10.2 Å². The number of carbonyl (C=O) groups excluding carboxylic acids is 1. The van der Waals surface area contributed by atoms with Gasteiger partial charge in [0.2, 0.25) is 5.91 Å². The molecule has 0 radical (unpaired) electrons. The molecule has 2 heterocycles. The van der Waals surface area contributed by atoms with Crippen LogP contribution in [0.4, 0.5) is 0 Å². The Morgan fingerprint density at radius 3 is 2.65 bits per heavy atom. The first-order valence-electron chi connectivity index (χ1n) is 7.30. The molecule has 0 spiro atoms. The summed E-state index contributed by atoms with van der Waals surface area (Å²) in [6, 6.07) is 0.455. The van der Waals surface area contributed by atoms with Gasteiger partial charge < -0.3 is 10.2 Å². The molecule has 0 aromatic heterocycles. The van der Waals surface area contributed by atoms with Gasteiger partial charge in [0, 0.05) is 25.6 Å². The van der Waals surface area contributed by atoms with E-state index in [1.165, 1.54) is 38.5 Å². The van der Waals surface area contributed by atoms with Gasteiger partial charge >= 0.3 is 0 Å². The summed E-state index contributed by atoms with van der Waals surface area (Å²) in [5.74, 6) is 1.24. The minimum absolute atomic E-state index is 0.374. The molecule has 1 N–H and O–H groups in total. The standard InChI is InChI=1S/C14H26N2O/c1-2-4-12-6-9-16(10-7-12)14(17)11-13-5-3-8-15-13/h12-13,15H,2-11H2,1H3. The van der Waals surface area contributed by atoms with Gasteiger partial charge in [0.25, 0.3) is 0 Å². The molecular formula is C14H26N2O. The van der Waals surface area contributed by atoms with Crippen LogP contribution in [0.2, 0.25) is 0 Å². The highest BCUT2D eigenvalue weighted by molar-refractivity contribution is 5.77. The predicted octanol–water partition coefficient (Wildman–Crippen LogP) is 2.17. The van der Waals surface area contributed by atoms with Gasteiger partial charge in [0.1, 0.15) is 0 Å². The van der Waals surface area contributed by atoms with E-state index in [-0.39, 0.29) is 0 Å². The summed E-state index contributed by atoms with van der Waals surface area (Å²) >= 11 is 0. The Labute approximate surface area is 105 Å². The lowest BCUT2D eigenvalue weighted by Gasteiger charge is -2.32. The van der Waals surface area contributed by atoms with E-state index in [0.29, 0.717) is 11.9 Å². The number of likely N-dealkylation sites (tertiary alicyclic amines) is 1. The molecule has 1 amide bonds. The summed E-state index contributed by atoms with van der Waals surface area (Å²) in [7, 11) is 0. The van der Waals surface area contributed by atoms with Crippen molar-refractivity contribution < 1.29 is 4.79 Å². The number of hydrogen-bond acceptors (Lipinski definition) is 2. The zero-order chi connectivity index (χ0) is 12.1. The molecule has 2 saturated heterocycles. The molecule has 0 aliphatic carbocycles. The zero-order valence-corrected chi connectivity index (χ0v) is 11.1. The van der Waals surface area contributed by atoms with Crippen molar-refractivity contribution in [3.63, 3.8) is 0 Å². The molecule has 2 aliphatic rings. The molecule has 2 fully saturated rings. The maximum Gasteiger partial charge on any atom is 0.224 e. The van der Waals surface area contributed by atoms with Gasteiger partial charge in [-0.05, 0) is 38.1 Å². The fourth-order valence-corrected chi connectivity index (χ4v) is 3.15. The Morgan fingerprint density at radius 2 is 2.06 bits per heavy atom. The monoisotopic (exact) mass is 238 g/mol. The first-order valence-corrected chi connectivity index (χ1v) is 7.30. The van der Waals surface area contributed by atoms with Crippen molar-refractivity contribution in [3.8, 4) is 0 Å². The highest BCUT2D eigenvalue weighted by Crippen LogP contribution is 2.22. The average molecular weight is 238 g/mol. The fraction of sp³-hybridized carbons (Fsp3) is 0.929. The summed E-state index contributed by atoms with van der Waals surface area (Å²) in [5.41, 5.74) is 0. The number of rotatable bonds is 4. The third-order valence-electron chi connectivity index (χ3n) is 4.25. The van der Waals surface area contributed by atoms with Crippen LogP contribution < -0.4 is 5.32 Å². The van der Waals surface area contributed by atoms with Gasteiger partial charge in [0.05, 0.1) is 0 Å². The summed E-state index contributed by atoms with van der Waals surface area (Å²) in [4.78, 5) is 14.2. The minimum atomic E-state index is 0.374. The fourth-order valence-electron chi connectivity index (χ4n) is 3.15. The smallest absolute Gasteiger partial charge is 0.224 e. The molecular weight excluding hydrogens is 212 g/mol. The number of amides is 1. The summed E-state index contributed by atoms with van der Waals surface area (Å²) in [5, 5.41) is 3.41. The van der Waals surface area contributed by atoms with Gasteiger partial charge in [-0.25, -0.2) is 0 Å². The van der Waals surface area contributed by atoms with E-state index in [9.17, 15) is 4.79 Å². The van der Waals surface area contributed by atoms with Crippen molar-refractivity contribution in [2.45, 2.75) is 57.9 Å². The van der Waals surface area contributed by atoms with Crippen LogP contribution in [0, 0.1) is 5.92 Å². The second kappa shape index (κ2) is 6.39. The number of nitrogens with one attached hydrogen (secondary N) is 1. The zero-order valence-electron chi connectivity index (χ0n) is 11.1.